The number of benzene rings is 1. The molecule has 3 aromatic rings. The Bertz CT molecular complexity index is 1110. The third kappa shape index (κ3) is 4.28. The van der Waals surface area contributed by atoms with E-state index >= 15 is 0 Å². The Morgan fingerprint density at radius 1 is 1.12 bits per heavy atom. The lowest BCUT2D eigenvalue weighted by atomic mass is 9.96. The first-order valence-corrected chi connectivity index (χ1v) is 12.6. The molecule has 0 radical (unpaired) electrons. The number of halogens is 1. The second-order valence-electron chi connectivity index (χ2n) is 8.56. The number of hydrogen-bond acceptors (Lipinski definition) is 6. The predicted molar refractivity (Wildman–Crippen MR) is 132 cm³/mol. The topological polar surface area (TPSA) is 52.6 Å². The van der Waals surface area contributed by atoms with E-state index in [1.165, 1.54) is 4.88 Å². The van der Waals surface area contributed by atoms with Crippen LogP contribution in [0.4, 0.5) is 11.5 Å². The molecule has 2 fully saturated rings. The van der Waals surface area contributed by atoms with Crippen molar-refractivity contribution in [1.29, 1.82) is 0 Å². The Kier molecular flexibility index (Phi) is 6.20. The Morgan fingerprint density at radius 2 is 1.97 bits per heavy atom. The van der Waals surface area contributed by atoms with Crippen LogP contribution >= 0.6 is 22.9 Å². The average molecular weight is 470 g/mol. The van der Waals surface area contributed by atoms with Gasteiger partial charge in [-0.3, -0.25) is 4.79 Å². The number of aryl methyl sites for hydroxylation is 1. The number of fused-ring (bicyclic) bond motifs is 1. The van der Waals surface area contributed by atoms with Crippen molar-refractivity contribution in [3.05, 3.63) is 46.6 Å². The molecular formula is C24H28ClN5OS. The molecule has 0 bridgehead atoms. The van der Waals surface area contributed by atoms with Crippen molar-refractivity contribution in [2.75, 3.05) is 49.1 Å². The number of anilines is 2. The molecule has 1 amide bonds. The fourth-order valence-corrected chi connectivity index (χ4v) is 5.92. The zero-order chi connectivity index (χ0) is 22.1. The number of amides is 1. The van der Waals surface area contributed by atoms with Crippen molar-refractivity contribution in [2.24, 2.45) is 5.92 Å². The first-order chi connectivity index (χ1) is 15.6. The lowest BCUT2D eigenvalue weighted by Crippen LogP contribution is -2.52. The number of nitrogens with zero attached hydrogens (tertiary/aromatic N) is 5. The van der Waals surface area contributed by atoms with Crippen molar-refractivity contribution in [2.45, 2.75) is 26.2 Å². The normalized spacial score (nSPS) is 19.6. The molecule has 32 heavy (non-hydrogen) atoms. The summed E-state index contributed by atoms with van der Waals surface area (Å²) in [7, 11) is 0. The van der Waals surface area contributed by atoms with Gasteiger partial charge in [0.25, 0.3) is 0 Å². The van der Waals surface area contributed by atoms with Crippen molar-refractivity contribution in [3.63, 3.8) is 0 Å². The second kappa shape index (κ2) is 9.24. The van der Waals surface area contributed by atoms with Crippen molar-refractivity contribution in [1.82, 2.24) is 14.9 Å². The molecule has 8 heteroatoms. The van der Waals surface area contributed by atoms with Gasteiger partial charge in [0.1, 0.15) is 17.0 Å². The highest BCUT2D eigenvalue weighted by molar-refractivity contribution is 7.18. The van der Waals surface area contributed by atoms with E-state index < -0.39 is 0 Å². The molecule has 0 aliphatic carbocycles. The molecule has 1 unspecified atom stereocenters. The van der Waals surface area contributed by atoms with E-state index in [1.54, 1.807) is 17.7 Å². The minimum absolute atomic E-state index is 0.0239. The molecule has 1 aromatic carbocycles. The molecule has 2 aliphatic rings. The molecular weight excluding hydrogens is 442 g/mol. The van der Waals surface area contributed by atoms with E-state index in [1.807, 2.05) is 23.1 Å². The van der Waals surface area contributed by atoms with Crippen molar-refractivity contribution >= 4 is 50.6 Å². The smallest absolute Gasteiger partial charge is 0.227 e. The maximum atomic E-state index is 13.4. The van der Waals surface area contributed by atoms with E-state index in [0.717, 1.165) is 85.3 Å². The number of thiophene rings is 1. The molecule has 168 valence electrons. The first-order valence-electron chi connectivity index (χ1n) is 11.4. The highest BCUT2D eigenvalue weighted by atomic mass is 35.5. The Morgan fingerprint density at radius 3 is 2.75 bits per heavy atom. The van der Waals surface area contributed by atoms with Gasteiger partial charge >= 0.3 is 0 Å². The number of hydrogen-bond donors (Lipinski definition) is 0. The fourth-order valence-electron chi connectivity index (χ4n) is 4.81. The number of piperidine rings is 1. The Balaban J connectivity index is 1.25. The molecule has 6 nitrogen and oxygen atoms in total. The summed E-state index contributed by atoms with van der Waals surface area (Å²) >= 11 is 7.89. The highest BCUT2D eigenvalue weighted by Gasteiger charge is 2.32. The molecule has 1 atom stereocenters. The molecule has 4 heterocycles. The van der Waals surface area contributed by atoms with Gasteiger partial charge in [0.05, 0.1) is 11.3 Å². The van der Waals surface area contributed by atoms with Gasteiger partial charge in [-0.05, 0) is 43.5 Å². The van der Waals surface area contributed by atoms with Crippen LogP contribution in [0, 0.1) is 5.92 Å². The van der Waals surface area contributed by atoms with E-state index in [0.29, 0.717) is 0 Å². The lowest BCUT2D eigenvalue weighted by molar-refractivity contribution is -0.136. The monoisotopic (exact) mass is 469 g/mol. The summed E-state index contributed by atoms with van der Waals surface area (Å²) in [5, 5.41) is 1.87. The molecule has 0 N–H and O–H groups in total. The van der Waals surface area contributed by atoms with Crippen molar-refractivity contribution in [3.8, 4) is 0 Å². The van der Waals surface area contributed by atoms with Crippen LogP contribution in [0.5, 0.6) is 0 Å². The van der Waals surface area contributed by atoms with Crippen LogP contribution < -0.4 is 9.80 Å². The largest absolute Gasteiger partial charge is 0.368 e. The number of piperazine rings is 1. The minimum atomic E-state index is 0.0239. The van der Waals surface area contributed by atoms with Crippen LogP contribution in [0.2, 0.25) is 5.02 Å². The van der Waals surface area contributed by atoms with Crippen molar-refractivity contribution < 1.29 is 4.79 Å². The summed E-state index contributed by atoms with van der Waals surface area (Å²) in [5.74, 6) is 1.29. The summed E-state index contributed by atoms with van der Waals surface area (Å²) in [6.45, 7) is 7.02. The number of aromatic nitrogens is 2. The average Bonchev–Trinajstić information content (AvgIpc) is 3.27. The van der Waals surface area contributed by atoms with Gasteiger partial charge < -0.3 is 14.7 Å². The molecule has 0 spiro atoms. The molecule has 2 aliphatic heterocycles. The number of carbonyl (C=O) groups is 1. The zero-order valence-corrected chi connectivity index (χ0v) is 19.9. The molecule has 0 saturated carbocycles. The van der Waals surface area contributed by atoms with E-state index in [2.05, 4.69) is 38.8 Å². The van der Waals surface area contributed by atoms with E-state index in [9.17, 15) is 4.79 Å². The van der Waals surface area contributed by atoms with Gasteiger partial charge in [-0.1, -0.05) is 24.6 Å². The SMILES string of the molecule is CCc1cc2c(N3CCCC(C(=O)N4CCN(c5cccc(Cl)c5)CC4)C3)ncnc2s1. The van der Waals surface area contributed by atoms with Gasteiger partial charge in [-0.25, -0.2) is 9.97 Å². The molecule has 2 saturated heterocycles. The van der Waals surface area contributed by atoms with E-state index in [-0.39, 0.29) is 11.8 Å². The quantitative estimate of drug-likeness (QED) is 0.564. The Hall–Kier alpha value is -2.38. The summed E-state index contributed by atoms with van der Waals surface area (Å²) in [4.78, 5) is 31.5. The van der Waals surface area contributed by atoms with Crippen LogP contribution in [-0.4, -0.2) is 60.0 Å². The lowest BCUT2D eigenvalue weighted by Gasteiger charge is -2.40. The van der Waals surface area contributed by atoms with Crippen LogP contribution in [-0.2, 0) is 11.2 Å². The van der Waals surface area contributed by atoms with Gasteiger partial charge in [0.2, 0.25) is 5.91 Å². The molecule has 2 aromatic heterocycles. The maximum absolute atomic E-state index is 13.4. The predicted octanol–water partition coefficient (Wildman–Crippen LogP) is 4.47. The summed E-state index contributed by atoms with van der Waals surface area (Å²) in [5.41, 5.74) is 1.13. The van der Waals surface area contributed by atoms with Gasteiger partial charge in [-0.15, -0.1) is 11.3 Å². The highest BCUT2D eigenvalue weighted by Crippen LogP contribution is 2.33. The molecule has 5 rings (SSSR count). The van der Waals surface area contributed by atoms with Gasteiger partial charge in [0.15, 0.2) is 0 Å². The fraction of sp³-hybridized carbons (Fsp3) is 0.458. The van der Waals surface area contributed by atoms with Crippen LogP contribution in [0.3, 0.4) is 0 Å². The van der Waals surface area contributed by atoms with Crippen LogP contribution in [0.25, 0.3) is 10.2 Å². The van der Waals surface area contributed by atoms with E-state index in [4.69, 9.17) is 11.6 Å². The van der Waals surface area contributed by atoms with Crippen LogP contribution in [0.1, 0.15) is 24.6 Å². The number of carbonyl (C=O) groups excluding carboxylic acids is 1. The standard InChI is InChI=1S/C24H28ClN5OS/c1-2-20-14-21-22(26-16-27-23(21)32-20)30-8-4-5-17(15-30)24(31)29-11-9-28(10-12-29)19-7-3-6-18(25)13-19/h3,6-7,13-14,16-17H,2,4-5,8-12,15H2,1H3. The van der Waals surface area contributed by atoms with Gasteiger partial charge in [-0.2, -0.15) is 0 Å². The summed E-state index contributed by atoms with van der Waals surface area (Å²) in [6, 6.07) is 10.2. The Labute approximate surface area is 197 Å². The maximum Gasteiger partial charge on any atom is 0.227 e. The first kappa shape index (κ1) is 21.5. The summed E-state index contributed by atoms with van der Waals surface area (Å²) < 4.78 is 0. The zero-order valence-electron chi connectivity index (χ0n) is 18.3. The number of rotatable bonds is 4. The van der Waals surface area contributed by atoms with Crippen LogP contribution in [0.15, 0.2) is 36.7 Å². The third-order valence-corrected chi connectivity index (χ3v) is 7.97. The minimum Gasteiger partial charge on any atom is -0.368 e. The summed E-state index contributed by atoms with van der Waals surface area (Å²) in [6.07, 6.45) is 4.62. The van der Waals surface area contributed by atoms with Gasteiger partial charge in [0, 0.05) is 54.9 Å². The second-order valence-corrected chi connectivity index (χ2v) is 10.1. The third-order valence-electron chi connectivity index (χ3n) is 6.54.